The molecule has 2 N–H and O–H groups in total. The average Bonchev–Trinajstić information content (AvgIpc) is 2.73. The summed E-state index contributed by atoms with van der Waals surface area (Å²) >= 11 is 1.31. The molecule has 0 saturated heterocycles. The minimum absolute atomic E-state index is 0.0108. The summed E-state index contributed by atoms with van der Waals surface area (Å²) in [5, 5.41) is 12.2. The van der Waals surface area contributed by atoms with Crippen LogP contribution in [0.5, 0.6) is 0 Å². The van der Waals surface area contributed by atoms with Crippen molar-refractivity contribution in [2.75, 3.05) is 6.54 Å². The molecule has 6 heteroatoms. The number of hydrogen-bond donors (Lipinski definition) is 2. The molecule has 1 atom stereocenters. The minimum atomic E-state index is -0.884. The van der Waals surface area contributed by atoms with Crippen molar-refractivity contribution in [1.82, 2.24) is 5.32 Å². The number of nitrogens with one attached hydrogen (secondary N) is 1. The topological polar surface area (TPSA) is 66.4 Å². The van der Waals surface area contributed by atoms with E-state index in [0.717, 1.165) is 15.6 Å². The minimum Gasteiger partial charge on any atom is -0.481 e. The summed E-state index contributed by atoms with van der Waals surface area (Å²) < 4.78 is 14.1. The third-order valence-corrected chi connectivity index (χ3v) is 4.51. The normalized spacial score (nSPS) is 12.3. The van der Waals surface area contributed by atoms with Crippen LogP contribution < -0.4 is 5.32 Å². The predicted molar refractivity (Wildman–Crippen MR) is 80.3 cm³/mol. The third kappa shape index (κ3) is 3.58. The highest BCUT2D eigenvalue weighted by molar-refractivity contribution is 7.21. The number of hydrogen-bond acceptors (Lipinski definition) is 3. The Kier molecular flexibility index (Phi) is 4.57. The summed E-state index contributed by atoms with van der Waals surface area (Å²) in [5.41, 5.74) is 0.748. The maximum atomic E-state index is 13.3. The van der Waals surface area contributed by atoms with E-state index in [0.29, 0.717) is 11.4 Å². The van der Waals surface area contributed by atoms with E-state index in [-0.39, 0.29) is 24.1 Å². The largest absolute Gasteiger partial charge is 0.481 e. The van der Waals surface area contributed by atoms with Gasteiger partial charge in [-0.05, 0) is 42.0 Å². The van der Waals surface area contributed by atoms with Crippen molar-refractivity contribution >= 4 is 33.3 Å². The van der Waals surface area contributed by atoms with Crippen molar-refractivity contribution in [3.05, 3.63) is 34.5 Å². The summed E-state index contributed by atoms with van der Waals surface area (Å²) in [6.07, 6.45) is 0.0108. The van der Waals surface area contributed by atoms with Crippen molar-refractivity contribution in [1.29, 1.82) is 0 Å². The molecule has 21 heavy (non-hydrogen) atoms. The van der Waals surface area contributed by atoms with Crippen molar-refractivity contribution in [2.45, 2.75) is 20.3 Å². The van der Waals surface area contributed by atoms with E-state index in [9.17, 15) is 14.0 Å². The van der Waals surface area contributed by atoms with Crippen LogP contribution in [-0.2, 0) is 4.79 Å². The van der Waals surface area contributed by atoms with Crippen molar-refractivity contribution < 1.29 is 19.1 Å². The maximum Gasteiger partial charge on any atom is 0.303 e. The highest BCUT2D eigenvalue weighted by atomic mass is 32.1. The Hall–Kier alpha value is -1.95. The Bertz CT molecular complexity index is 696. The van der Waals surface area contributed by atoms with Gasteiger partial charge >= 0.3 is 5.97 Å². The van der Waals surface area contributed by atoms with Crippen molar-refractivity contribution in [3.8, 4) is 0 Å². The van der Waals surface area contributed by atoms with E-state index in [4.69, 9.17) is 5.11 Å². The number of halogens is 1. The van der Waals surface area contributed by atoms with Crippen LogP contribution in [0.15, 0.2) is 18.2 Å². The molecule has 1 heterocycles. The zero-order chi connectivity index (χ0) is 15.6. The zero-order valence-corrected chi connectivity index (χ0v) is 12.6. The molecule has 0 bridgehead atoms. The van der Waals surface area contributed by atoms with Gasteiger partial charge < -0.3 is 10.4 Å². The van der Waals surface area contributed by atoms with Crippen LogP contribution in [0, 0.1) is 18.7 Å². The van der Waals surface area contributed by atoms with Crippen LogP contribution in [0.2, 0.25) is 0 Å². The van der Waals surface area contributed by atoms with Gasteiger partial charge in [0.2, 0.25) is 0 Å². The Morgan fingerprint density at radius 1 is 1.43 bits per heavy atom. The van der Waals surface area contributed by atoms with E-state index in [1.165, 1.54) is 23.5 Å². The summed E-state index contributed by atoms with van der Waals surface area (Å²) in [4.78, 5) is 23.3. The quantitative estimate of drug-likeness (QED) is 0.891. The number of carboxylic acid groups (broad SMARTS) is 1. The van der Waals surface area contributed by atoms with Crippen LogP contribution in [0.4, 0.5) is 4.39 Å². The van der Waals surface area contributed by atoms with E-state index >= 15 is 0 Å². The molecule has 0 fully saturated rings. The van der Waals surface area contributed by atoms with Crippen LogP contribution in [0.3, 0.4) is 0 Å². The summed E-state index contributed by atoms with van der Waals surface area (Å²) in [7, 11) is 0. The van der Waals surface area contributed by atoms with E-state index in [2.05, 4.69) is 5.32 Å². The van der Waals surface area contributed by atoms with Gasteiger partial charge in [-0.25, -0.2) is 4.39 Å². The number of thiophene rings is 1. The molecule has 4 nitrogen and oxygen atoms in total. The lowest BCUT2D eigenvalue weighted by Gasteiger charge is -2.09. The average molecular weight is 309 g/mol. The fourth-order valence-corrected chi connectivity index (χ4v) is 3.23. The molecule has 0 radical (unpaired) electrons. The summed E-state index contributed by atoms with van der Waals surface area (Å²) in [6, 6.07) is 4.45. The Labute approximate surface area is 125 Å². The highest BCUT2D eigenvalue weighted by Gasteiger charge is 2.17. The maximum absolute atomic E-state index is 13.3. The van der Waals surface area contributed by atoms with Gasteiger partial charge in [0, 0.05) is 17.7 Å². The van der Waals surface area contributed by atoms with Gasteiger partial charge in [0.15, 0.2) is 0 Å². The molecule has 1 unspecified atom stereocenters. The second-order valence-electron chi connectivity index (χ2n) is 5.11. The molecule has 1 aromatic heterocycles. The number of carboxylic acids is 1. The Morgan fingerprint density at radius 3 is 2.81 bits per heavy atom. The van der Waals surface area contributed by atoms with Gasteiger partial charge in [0.25, 0.3) is 5.91 Å². The lowest BCUT2D eigenvalue weighted by Crippen LogP contribution is -2.29. The standard InChI is InChI=1S/C15H16FNO3S/c1-8(5-13(18)19)7-17-15(20)14-9(2)11-6-10(16)3-4-12(11)21-14/h3-4,6,8H,5,7H2,1-2H3,(H,17,20)(H,18,19). The predicted octanol–water partition coefficient (Wildman–Crippen LogP) is 3.19. The number of carbonyl (C=O) groups is 2. The molecule has 1 amide bonds. The fourth-order valence-electron chi connectivity index (χ4n) is 2.13. The molecule has 0 saturated carbocycles. The molecule has 0 spiro atoms. The number of benzene rings is 1. The molecular weight excluding hydrogens is 293 g/mol. The number of amides is 1. The highest BCUT2D eigenvalue weighted by Crippen LogP contribution is 2.31. The Balaban J connectivity index is 2.13. The van der Waals surface area contributed by atoms with Gasteiger partial charge in [-0.1, -0.05) is 6.92 Å². The molecule has 2 rings (SSSR count). The molecule has 0 aliphatic heterocycles. The summed E-state index contributed by atoms with van der Waals surface area (Å²) in [5.74, 6) is -1.60. The van der Waals surface area contributed by atoms with E-state index in [1.54, 1.807) is 19.9 Å². The monoisotopic (exact) mass is 309 g/mol. The fraction of sp³-hybridized carbons (Fsp3) is 0.333. The molecular formula is C15H16FNO3S. The molecule has 0 aliphatic rings. The number of rotatable bonds is 5. The molecule has 0 aliphatic carbocycles. The number of carbonyl (C=O) groups excluding carboxylic acids is 1. The van der Waals surface area contributed by atoms with Gasteiger partial charge in [-0.3, -0.25) is 9.59 Å². The van der Waals surface area contributed by atoms with E-state index in [1.807, 2.05) is 0 Å². The lowest BCUT2D eigenvalue weighted by molar-refractivity contribution is -0.137. The van der Waals surface area contributed by atoms with E-state index < -0.39 is 5.97 Å². The first-order valence-corrected chi connectivity index (χ1v) is 7.38. The number of aryl methyl sites for hydroxylation is 1. The lowest BCUT2D eigenvalue weighted by atomic mass is 10.1. The SMILES string of the molecule is Cc1c(C(=O)NCC(C)CC(=O)O)sc2ccc(F)cc12. The smallest absolute Gasteiger partial charge is 0.303 e. The second-order valence-corrected chi connectivity index (χ2v) is 6.16. The van der Waals surface area contributed by atoms with Gasteiger partial charge in [0.05, 0.1) is 4.88 Å². The van der Waals surface area contributed by atoms with Gasteiger partial charge in [0.1, 0.15) is 5.82 Å². The summed E-state index contributed by atoms with van der Waals surface area (Å²) in [6.45, 7) is 3.85. The Morgan fingerprint density at radius 2 is 2.14 bits per heavy atom. The zero-order valence-electron chi connectivity index (χ0n) is 11.8. The number of fused-ring (bicyclic) bond motifs is 1. The van der Waals surface area contributed by atoms with Crippen LogP contribution in [0.25, 0.3) is 10.1 Å². The third-order valence-electron chi connectivity index (χ3n) is 3.24. The number of aliphatic carboxylic acids is 1. The van der Waals surface area contributed by atoms with Crippen LogP contribution in [0.1, 0.15) is 28.6 Å². The van der Waals surface area contributed by atoms with Crippen molar-refractivity contribution in [2.24, 2.45) is 5.92 Å². The van der Waals surface area contributed by atoms with Crippen LogP contribution in [-0.4, -0.2) is 23.5 Å². The second kappa shape index (κ2) is 6.22. The first-order chi connectivity index (χ1) is 9.88. The van der Waals surface area contributed by atoms with Gasteiger partial charge in [-0.15, -0.1) is 11.3 Å². The first-order valence-electron chi connectivity index (χ1n) is 6.57. The van der Waals surface area contributed by atoms with Crippen molar-refractivity contribution in [3.63, 3.8) is 0 Å². The first kappa shape index (κ1) is 15.4. The molecule has 112 valence electrons. The van der Waals surface area contributed by atoms with Gasteiger partial charge in [-0.2, -0.15) is 0 Å². The van der Waals surface area contributed by atoms with Crippen LogP contribution >= 0.6 is 11.3 Å². The molecule has 1 aromatic carbocycles. The molecule has 2 aromatic rings.